The van der Waals surface area contributed by atoms with E-state index in [9.17, 15) is 4.79 Å². The number of amides is 1. The summed E-state index contributed by atoms with van der Waals surface area (Å²) < 4.78 is 0. The highest BCUT2D eigenvalue weighted by Gasteiger charge is 2.31. The van der Waals surface area contributed by atoms with Gasteiger partial charge in [-0.25, -0.2) is 0 Å². The number of hydrogen-bond donors (Lipinski definition) is 1. The van der Waals surface area contributed by atoms with Crippen LogP contribution in [0.3, 0.4) is 0 Å². The number of thioether (sulfide) groups is 1. The van der Waals surface area contributed by atoms with Crippen molar-refractivity contribution >= 4 is 17.7 Å². The van der Waals surface area contributed by atoms with E-state index < -0.39 is 0 Å². The number of hydrogen-bond acceptors (Lipinski definition) is 3. The summed E-state index contributed by atoms with van der Waals surface area (Å²) in [6.07, 6.45) is 0. The second-order valence-electron chi connectivity index (χ2n) is 6.16. The maximum absolute atomic E-state index is 12.7. The van der Waals surface area contributed by atoms with Crippen LogP contribution in [0.5, 0.6) is 0 Å². The Hall–Kier alpha value is -1.00. The molecule has 0 aliphatic carbocycles. The first-order chi connectivity index (χ1) is 10.0. The quantitative estimate of drug-likeness (QED) is 0.930. The molecule has 0 saturated carbocycles. The Bertz CT molecular complexity index is 463. The van der Waals surface area contributed by atoms with Gasteiger partial charge in [-0.05, 0) is 11.5 Å². The summed E-state index contributed by atoms with van der Waals surface area (Å²) in [5, 5.41) is 0.544. The van der Waals surface area contributed by atoms with E-state index in [1.54, 1.807) is 0 Å². The molecular formula is C17H26N2OS. The van der Waals surface area contributed by atoms with Crippen molar-refractivity contribution < 1.29 is 4.79 Å². The van der Waals surface area contributed by atoms with Gasteiger partial charge in [-0.3, -0.25) is 4.79 Å². The Morgan fingerprint density at radius 3 is 2.57 bits per heavy atom. The Morgan fingerprint density at radius 1 is 1.29 bits per heavy atom. The smallest absolute Gasteiger partial charge is 0.227 e. The normalized spacial score (nSPS) is 22.1. The van der Waals surface area contributed by atoms with Gasteiger partial charge in [0.15, 0.2) is 0 Å². The van der Waals surface area contributed by atoms with E-state index in [0.29, 0.717) is 11.2 Å². The average Bonchev–Trinajstić information content (AvgIpc) is 2.53. The first-order valence-corrected chi connectivity index (χ1v) is 8.76. The second kappa shape index (κ2) is 7.32. The van der Waals surface area contributed by atoms with Crippen molar-refractivity contribution in [2.45, 2.75) is 32.1 Å². The summed E-state index contributed by atoms with van der Waals surface area (Å²) >= 11 is 1.98. The summed E-state index contributed by atoms with van der Waals surface area (Å²) in [6.45, 7) is 8.10. The number of nitrogens with two attached hydrogens (primary N) is 1. The third kappa shape index (κ3) is 4.01. The Labute approximate surface area is 132 Å². The van der Waals surface area contributed by atoms with Gasteiger partial charge in [-0.2, -0.15) is 11.8 Å². The molecule has 2 N–H and O–H groups in total. The minimum Gasteiger partial charge on any atom is -0.340 e. The van der Waals surface area contributed by atoms with Gasteiger partial charge in [0.25, 0.3) is 0 Å². The van der Waals surface area contributed by atoms with Gasteiger partial charge in [-0.15, -0.1) is 0 Å². The highest BCUT2D eigenvalue weighted by Crippen LogP contribution is 2.28. The molecule has 1 aromatic rings. The molecule has 3 nitrogen and oxygen atoms in total. The van der Waals surface area contributed by atoms with Crippen molar-refractivity contribution in [3.05, 3.63) is 35.9 Å². The summed E-state index contributed by atoms with van der Waals surface area (Å²) in [5.74, 6) is 1.64. The minimum atomic E-state index is -0.231. The molecule has 0 bridgehead atoms. The lowest BCUT2D eigenvalue weighted by Crippen LogP contribution is -2.47. The van der Waals surface area contributed by atoms with Crippen molar-refractivity contribution in [3.8, 4) is 0 Å². The molecule has 1 fully saturated rings. The van der Waals surface area contributed by atoms with E-state index in [4.69, 9.17) is 5.73 Å². The fraction of sp³-hybridized carbons (Fsp3) is 0.588. The van der Waals surface area contributed by atoms with Crippen LogP contribution in [0, 0.1) is 11.8 Å². The van der Waals surface area contributed by atoms with Crippen molar-refractivity contribution in [2.24, 2.45) is 17.6 Å². The highest BCUT2D eigenvalue weighted by atomic mass is 32.2. The topological polar surface area (TPSA) is 46.3 Å². The predicted molar refractivity (Wildman–Crippen MR) is 90.2 cm³/mol. The molecule has 2 rings (SSSR count). The SMILES string of the molecule is CC(C)C1CN(C(=O)C(C)C(N)c2ccccc2)CCS1. The van der Waals surface area contributed by atoms with Crippen LogP contribution in [-0.4, -0.2) is 34.9 Å². The van der Waals surface area contributed by atoms with Crippen molar-refractivity contribution in [3.63, 3.8) is 0 Å². The molecule has 116 valence electrons. The molecule has 3 unspecified atom stereocenters. The zero-order valence-electron chi connectivity index (χ0n) is 13.2. The zero-order chi connectivity index (χ0) is 15.4. The van der Waals surface area contributed by atoms with Crippen LogP contribution in [0.1, 0.15) is 32.4 Å². The van der Waals surface area contributed by atoms with Gasteiger partial charge in [0.2, 0.25) is 5.91 Å². The van der Waals surface area contributed by atoms with Crippen LogP contribution in [0.4, 0.5) is 0 Å². The maximum atomic E-state index is 12.7. The number of carbonyl (C=O) groups is 1. The summed E-state index contributed by atoms with van der Waals surface area (Å²) in [5.41, 5.74) is 7.32. The van der Waals surface area contributed by atoms with Crippen LogP contribution in [0.15, 0.2) is 30.3 Å². The lowest BCUT2D eigenvalue weighted by atomic mass is 9.94. The number of benzene rings is 1. The number of nitrogens with zero attached hydrogens (tertiary/aromatic N) is 1. The van der Waals surface area contributed by atoms with Crippen LogP contribution >= 0.6 is 11.8 Å². The molecule has 1 aliphatic rings. The maximum Gasteiger partial charge on any atom is 0.227 e. The van der Waals surface area contributed by atoms with Crippen LogP contribution in [0.25, 0.3) is 0 Å². The Kier molecular flexibility index (Phi) is 5.71. The molecule has 0 spiro atoms. The zero-order valence-corrected chi connectivity index (χ0v) is 14.0. The third-order valence-corrected chi connectivity index (χ3v) is 5.80. The summed E-state index contributed by atoms with van der Waals surface area (Å²) in [7, 11) is 0. The third-order valence-electron chi connectivity index (χ3n) is 4.26. The van der Waals surface area contributed by atoms with Gasteiger partial charge in [0.05, 0.1) is 5.92 Å². The molecule has 0 radical (unpaired) electrons. The van der Waals surface area contributed by atoms with Gasteiger partial charge in [0, 0.05) is 30.1 Å². The van der Waals surface area contributed by atoms with Gasteiger partial charge in [-0.1, -0.05) is 51.1 Å². The predicted octanol–water partition coefficient (Wildman–Crippen LogP) is 2.92. The Balaban J connectivity index is 2.02. The molecule has 21 heavy (non-hydrogen) atoms. The van der Waals surface area contributed by atoms with E-state index in [1.807, 2.05) is 53.9 Å². The second-order valence-corrected chi connectivity index (χ2v) is 7.51. The average molecular weight is 306 g/mol. The molecule has 1 saturated heterocycles. The standard InChI is InChI=1S/C17H26N2OS/c1-12(2)15-11-19(9-10-21-15)17(20)13(3)16(18)14-7-5-4-6-8-14/h4-8,12-13,15-16H,9-11,18H2,1-3H3. The Morgan fingerprint density at radius 2 is 1.95 bits per heavy atom. The number of carbonyl (C=O) groups excluding carboxylic acids is 1. The first-order valence-electron chi connectivity index (χ1n) is 7.71. The van der Waals surface area contributed by atoms with Crippen LogP contribution in [-0.2, 0) is 4.79 Å². The van der Waals surface area contributed by atoms with Crippen molar-refractivity contribution in [1.82, 2.24) is 4.90 Å². The van der Waals surface area contributed by atoms with E-state index >= 15 is 0 Å². The number of rotatable bonds is 4. The molecule has 1 aliphatic heterocycles. The molecule has 1 amide bonds. The van der Waals surface area contributed by atoms with Crippen molar-refractivity contribution in [2.75, 3.05) is 18.8 Å². The fourth-order valence-electron chi connectivity index (χ4n) is 2.68. The first kappa shape index (κ1) is 16.4. The van der Waals surface area contributed by atoms with E-state index in [1.165, 1.54) is 0 Å². The van der Waals surface area contributed by atoms with Crippen LogP contribution in [0.2, 0.25) is 0 Å². The van der Waals surface area contributed by atoms with Crippen molar-refractivity contribution in [1.29, 1.82) is 0 Å². The summed E-state index contributed by atoms with van der Waals surface area (Å²) in [6, 6.07) is 9.68. The molecule has 1 heterocycles. The van der Waals surface area contributed by atoms with E-state index in [0.717, 1.165) is 24.4 Å². The van der Waals surface area contributed by atoms with E-state index in [-0.39, 0.29) is 17.9 Å². The molecule has 1 aromatic carbocycles. The molecule has 3 atom stereocenters. The van der Waals surface area contributed by atoms with Gasteiger partial charge < -0.3 is 10.6 Å². The molecule has 0 aromatic heterocycles. The lowest BCUT2D eigenvalue weighted by Gasteiger charge is -2.36. The monoisotopic (exact) mass is 306 g/mol. The fourth-order valence-corrected chi connectivity index (χ4v) is 3.98. The molecular weight excluding hydrogens is 280 g/mol. The van der Waals surface area contributed by atoms with Gasteiger partial charge >= 0.3 is 0 Å². The minimum absolute atomic E-state index is 0.177. The lowest BCUT2D eigenvalue weighted by molar-refractivity contribution is -0.135. The largest absolute Gasteiger partial charge is 0.340 e. The van der Waals surface area contributed by atoms with Crippen LogP contribution < -0.4 is 5.73 Å². The molecule has 4 heteroatoms. The summed E-state index contributed by atoms with van der Waals surface area (Å²) in [4.78, 5) is 14.7. The van der Waals surface area contributed by atoms with Gasteiger partial charge in [0.1, 0.15) is 0 Å². The van der Waals surface area contributed by atoms with E-state index in [2.05, 4.69) is 13.8 Å². The highest BCUT2D eigenvalue weighted by molar-refractivity contribution is 8.00.